The minimum Gasteiger partial charge on any atom is -0.237 e. The summed E-state index contributed by atoms with van der Waals surface area (Å²) in [4.78, 5) is 0. The molecule has 0 atom stereocenters. The number of rotatable bonds is 2. The molecule has 0 unspecified atom stereocenters. The summed E-state index contributed by atoms with van der Waals surface area (Å²) in [6.45, 7) is 0. The van der Waals surface area contributed by atoms with Crippen LogP contribution in [0.4, 0.5) is 12.3 Å². The Bertz CT molecular complexity index is 87.0. The summed E-state index contributed by atoms with van der Waals surface area (Å²) in [5, 5.41) is 0. The summed E-state index contributed by atoms with van der Waals surface area (Å²) in [5.74, 6) is 0. The second kappa shape index (κ2) is 3.14. The van der Waals surface area contributed by atoms with Crippen LogP contribution in [0.3, 0.4) is 0 Å². The van der Waals surface area contributed by atoms with Crippen LogP contribution in [0, 0.1) is 0 Å². The normalized spacial score (nSPS) is 13.0. The van der Waals surface area contributed by atoms with E-state index in [2.05, 4.69) is 0 Å². The standard InChI is InChI=1S/C3H4ClF3Si/c4-2-1-3-8(5,6)7/h1-2H,3H2/b2-1+. The lowest BCUT2D eigenvalue weighted by Gasteiger charge is -1.92. The predicted molar refractivity (Wildman–Crippen MR) is 28.9 cm³/mol. The Morgan fingerprint density at radius 1 is 1.38 bits per heavy atom. The quantitative estimate of drug-likeness (QED) is 0.430. The van der Waals surface area contributed by atoms with Crippen LogP contribution in [-0.4, -0.2) is 9.08 Å². The van der Waals surface area contributed by atoms with Gasteiger partial charge >= 0.3 is 9.08 Å². The topological polar surface area (TPSA) is 0 Å². The van der Waals surface area contributed by atoms with E-state index in [4.69, 9.17) is 11.6 Å². The highest BCUT2D eigenvalue weighted by Crippen LogP contribution is 2.14. The van der Waals surface area contributed by atoms with Crippen molar-refractivity contribution >= 4 is 20.7 Å². The van der Waals surface area contributed by atoms with Crippen LogP contribution < -0.4 is 0 Å². The molecular weight excluding hydrogens is 157 g/mol. The van der Waals surface area contributed by atoms with E-state index in [0.717, 1.165) is 11.6 Å². The highest BCUT2D eigenvalue weighted by molar-refractivity contribution is 6.59. The van der Waals surface area contributed by atoms with E-state index in [1.807, 2.05) is 0 Å². The first-order valence-electron chi connectivity index (χ1n) is 1.88. The van der Waals surface area contributed by atoms with Crippen molar-refractivity contribution in [2.24, 2.45) is 0 Å². The van der Waals surface area contributed by atoms with Crippen molar-refractivity contribution < 1.29 is 12.3 Å². The van der Waals surface area contributed by atoms with Gasteiger partial charge in [0.2, 0.25) is 0 Å². The van der Waals surface area contributed by atoms with E-state index >= 15 is 0 Å². The first-order chi connectivity index (χ1) is 3.56. The molecule has 0 saturated heterocycles. The van der Waals surface area contributed by atoms with Gasteiger partial charge in [-0.1, -0.05) is 17.7 Å². The van der Waals surface area contributed by atoms with Crippen molar-refractivity contribution in [3.63, 3.8) is 0 Å². The van der Waals surface area contributed by atoms with Gasteiger partial charge in [0.1, 0.15) is 0 Å². The second-order valence-electron chi connectivity index (χ2n) is 1.18. The molecule has 0 aromatic heterocycles. The monoisotopic (exact) mass is 160 g/mol. The molecule has 0 aliphatic heterocycles. The Morgan fingerprint density at radius 3 is 2.00 bits per heavy atom. The molecule has 0 spiro atoms. The van der Waals surface area contributed by atoms with Crippen molar-refractivity contribution in [3.05, 3.63) is 11.6 Å². The smallest absolute Gasteiger partial charge is 0.237 e. The van der Waals surface area contributed by atoms with Gasteiger partial charge in [-0.15, -0.1) is 0 Å². The third-order valence-electron chi connectivity index (χ3n) is 0.438. The Labute approximate surface area is 51.5 Å². The van der Waals surface area contributed by atoms with Crippen LogP contribution in [0.2, 0.25) is 6.04 Å². The minimum atomic E-state index is -5.35. The molecule has 0 radical (unpaired) electrons. The summed E-state index contributed by atoms with van der Waals surface area (Å²) in [6, 6.07) is -0.809. The summed E-state index contributed by atoms with van der Waals surface area (Å²) in [7, 11) is -5.35. The predicted octanol–water partition coefficient (Wildman–Crippen LogP) is 2.59. The van der Waals surface area contributed by atoms with E-state index in [0.29, 0.717) is 0 Å². The minimum absolute atomic E-state index is 0.809. The molecule has 0 rings (SSSR count). The largest absolute Gasteiger partial charge is 0.620 e. The van der Waals surface area contributed by atoms with Crippen molar-refractivity contribution in [3.8, 4) is 0 Å². The third kappa shape index (κ3) is 6.04. The zero-order valence-electron chi connectivity index (χ0n) is 3.87. The molecule has 0 aliphatic rings. The van der Waals surface area contributed by atoms with Crippen LogP contribution in [0.15, 0.2) is 11.6 Å². The summed E-state index contributed by atoms with van der Waals surface area (Å²) in [5.41, 5.74) is 0.889. The number of hydrogen-bond donors (Lipinski definition) is 0. The van der Waals surface area contributed by atoms with Crippen LogP contribution in [0.25, 0.3) is 0 Å². The molecule has 0 N–H and O–H groups in total. The highest BCUT2D eigenvalue weighted by Gasteiger charge is 2.34. The van der Waals surface area contributed by atoms with Gasteiger partial charge in [-0.05, 0) is 0 Å². The lowest BCUT2D eigenvalue weighted by atomic mass is 10.8. The lowest BCUT2D eigenvalue weighted by molar-refractivity contribution is 0.478. The van der Waals surface area contributed by atoms with E-state index in [1.165, 1.54) is 0 Å². The van der Waals surface area contributed by atoms with E-state index in [1.54, 1.807) is 0 Å². The molecule has 48 valence electrons. The summed E-state index contributed by atoms with van der Waals surface area (Å²) < 4.78 is 33.8. The van der Waals surface area contributed by atoms with Gasteiger partial charge in [0, 0.05) is 11.6 Å². The first-order valence-corrected chi connectivity index (χ1v) is 4.16. The third-order valence-corrected chi connectivity index (χ3v) is 1.32. The highest BCUT2D eigenvalue weighted by atomic mass is 35.5. The lowest BCUT2D eigenvalue weighted by Crippen LogP contribution is -2.11. The molecule has 0 aliphatic carbocycles. The zero-order chi connectivity index (χ0) is 6.62. The summed E-state index contributed by atoms with van der Waals surface area (Å²) >= 11 is 4.85. The second-order valence-corrected chi connectivity index (χ2v) is 3.07. The van der Waals surface area contributed by atoms with Crippen molar-refractivity contribution in [2.75, 3.05) is 0 Å². The fourth-order valence-corrected chi connectivity index (χ4v) is 0.802. The Kier molecular flexibility index (Phi) is 3.15. The van der Waals surface area contributed by atoms with Gasteiger partial charge in [0.15, 0.2) is 0 Å². The van der Waals surface area contributed by atoms with Crippen molar-refractivity contribution in [1.29, 1.82) is 0 Å². The van der Waals surface area contributed by atoms with Crippen LogP contribution in [-0.2, 0) is 0 Å². The van der Waals surface area contributed by atoms with Gasteiger partial charge in [-0.3, -0.25) is 0 Å². The van der Waals surface area contributed by atoms with Crippen LogP contribution in [0.5, 0.6) is 0 Å². The molecule has 0 bridgehead atoms. The van der Waals surface area contributed by atoms with Crippen molar-refractivity contribution in [1.82, 2.24) is 0 Å². The number of halogens is 4. The molecule has 8 heavy (non-hydrogen) atoms. The SMILES string of the molecule is F[Si](F)(F)C/C=C/Cl. The Morgan fingerprint density at radius 2 is 1.88 bits per heavy atom. The Hall–Kier alpha value is 0.0369. The molecule has 0 fully saturated rings. The van der Waals surface area contributed by atoms with E-state index in [9.17, 15) is 12.3 Å². The van der Waals surface area contributed by atoms with Gasteiger partial charge in [0.05, 0.1) is 0 Å². The molecule has 5 heteroatoms. The maximum Gasteiger partial charge on any atom is 0.620 e. The van der Waals surface area contributed by atoms with Gasteiger partial charge in [0.25, 0.3) is 0 Å². The fraction of sp³-hybridized carbons (Fsp3) is 0.333. The average molecular weight is 161 g/mol. The van der Waals surface area contributed by atoms with E-state index in [-0.39, 0.29) is 0 Å². The molecule has 0 nitrogen and oxygen atoms in total. The molecule has 0 saturated carbocycles. The zero-order valence-corrected chi connectivity index (χ0v) is 5.63. The maximum absolute atomic E-state index is 11.3. The molecule has 0 heterocycles. The molecular formula is C3H4ClF3Si. The molecule has 0 amide bonds. The fourth-order valence-electron chi connectivity index (χ4n) is 0.178. The van der Waals surface area contributed by atoms with E-state index < -0.39 is 15.1 Å². The first kappa shape index (κ1) is 8.04. The molecule has 0 aromatic rings. The van der Waals surface area contributed by atoms with Gasteiger partial charge in [-0.25, -0.2) is 12.3 Å². The van der Waals surface area contributed by atoms with Crippen LogP contribution >= 0.6 is 11.6 Å². The molecule has 0 aromatic carbocycles. The number of hydrogen-bond acceptors (Lipinski definition) is 0. The summed E-state index contributed by atoms with van der Waals surface area (Å²) in [6.07, 6.45) is 0.910. The van der Waals surface area contributed by atoms with Gasteiger partial charge < -0.3 is 0 Å². The van der Waals surface area contributed by atoms with Crippen molar-refractivity contribution in [2.45, 2.75) is 6.04 Å². The number of allylic oxidation sites excluding steroid dienone is 1. The van der Waals surface area contributed by atoms with Gasteiger partial charge in [-0.2, -0.15) is 0 Å². The average Bonchev–Trinajstić information content (AvgIpc) is 1.59. The maximum atomic E-state index is 11.3. The Balaban J connectivity index is 3.39. The van der Waals surface area contributed by atoms with Crippen LogP contribution in [0.1, 0.15) is 0 Å².